The summed E-state index contributed by atoms with van der Waals surface area (Å²) >= 11 is 9.46. The first-order valence-corrected chi connectivity index (χ1v) is 14.9. The number of fused-ring (bicyclic) bond motifs is 3. The number of nitrogens with zero attached hydrogens (tertiary/aromatic N) is 2. The number of allylic oxidation sites excluding steroid dienone is 1. The van der Waals surface area contributed by atoms with E-state index in [9.17, 15) is 4.79 Å². The Kier molecular flexibility index (Phi) is 6.31. The van der Waals surface area contributed by atoms with E-state index in [0.717, 1.165) is 39.3 Å². The van der Waals surface area contributed by atoms with Gasteiger partial charge < -0.3 is 4.74 Å². The van der Waals surface area contributed by atoms with Crippen molar-refractivity contribution in [1.29, 1.82) is 0 Å². The Morgan fingerprint density at radius 2 is 1.79 bits per heavy atom. The van der Waals surface area contributed by atoms with E-state index in [1.807, 2.05) is 59.2 Å². The van der Waals surface area contributed by atoms with Crippen molar-refractivity contribution in [2.24, 2.45) is 4.99 Å². The van der Waals surface area contributed by atoms with Gasteiger partial charge in [-0.2, -0.15) is 0 Å². The zero-order chi connectivity index (χ0) is 26.3. The van der Waals surface area contributed by atoms with Crippen LogP contribution in [0.25, 0.3) is 11.8 Å². The third-order valence-corrected chi connectivity index (χ3v) is 9.51. The van der Waals surface area contributed by atoms with Gasteiger partial charge in [0, 0.05) is 26.6 Å². The Morgan fingerprint density at radius 3 is 2.67 bits per heavy atom. The molecular weight excluding hydrogens is 544 g/mol. The van der Waals surface area contributed by atoms with E-state index in [-0.39, 0.29) is 11.6 Å². The average Bonchev–Trinajstić information content (AvgIpc) is 3.60. The van der Waals surface area contributed by atoms with Gasteiger partial charge in [-0.3, -0.25) is 9.36 Å². The molecule has 0 bridgehead atoms. The van der Waals surface area contributed by atoms with E-state index in [2.05, 4.69) is 41.8 Å². The third-order valence-electron chi connectivity index (χ3n) is 7.23. The molecule has 2 aliphatic rings. The van der Waals surface area contributed by atoms with E-state index in [1.165, 1.54) is 28.0 Å². The molecule has 192 valence electrons. The van der Waals surface area contributed by atoms with Gasteiger partial charge in [-0.25, -0.2) is 4.99 Å². The first-order valence-electron chi connectivity index (χ1n) is 12.8. The molecule has 1 atom stereocenters. The molecule has 7 heteroatoms. The molecule has 7 rings (SSSR count). The second kappa shape index (κ2) is 10.1. The van der Waals surface area contributed by atoms with Gasteiger partial charge in [0.2, 0.25) is 0 Å². The number of hydrogen-bond acceptors (Lipinski definition) is 5. The second-order valence-corrected chi connectivity index (χ2v) is 11.9. The molecule has 0 saturated heterocycles. The molecule has 3 heterocycles. The standard InChI is InChI=1S/C32H23ClN2O2S2/c33-25-12-5-2-10-22(25)19-37-26-13-6-3-9-21(26)18-28-31(36)35-30(27-14-7-17-38-27)24-16-15-20-8-1-4-11-23(20)29(24)34-32(35)39-28/h1-14,17-18,30H,15-16,19H2/b28-18-/t30-/m1/s1. The lowest BCUT2D eigenvalue weighted by Gasteiger charge is -2.30. The minimum absolute atomic E-state index is 0.0246. The molecule has 0 saturated carbocycles. The van der Waals surface area contributed by atoms with E-state index >= 15 is 0 Å². The number of ether oxygens (including phenoxy) is 1. The summed E-state index contributed by atoms with van der Waals surface area (Å²) in [5.74, 6) is 0.700. The maximum atomic E-state index is 14.0. The van der Waals surface area contributed by atoms with Gasteiger partial charge in [0.05, 0.1) is 16.3 Å². The van der Waals surface area contributed by atoms with Gasteiger partial charge in [0.25, 0.3) is 5.56 Å². The molecule has 0 spiro atoms. The van der Waals surface area contributed by atoms with Gasteiger partial charge >= 0.3 is 0 Å². The van der Waals surface area contributed by atoms with Crippen molar-refractivity contribution in [3.05, 3.63) is 148 Å². The number of para-hydroxylation sites is 1. The predicted octanol–water partition coefficient (Wildman–Crippen LogP) is 6.61. The van der Waals surface area contributed by atoms with Crippen molar-refractivity contribution in [3.8, 4) is 5.75 Å². The van der Waals surface area contributed by atoms with Crippen LogP contribution >= 0.6 is 34.3 Å². The van der Waals surface area contributed by atoms with E-state index in [1.54, 1.807) is 11.3 Å². The predicted molar refractivity (Wildman–Crippen MR) is 159 cm³/mol. The summed E-state index contributed by atoms with van der Waals surface area (Å²) in [6.45, 7) is 0.344. The summed E-state index contributed by atoms with van der Waals surface area (Å²) in [4.78, 5) is 21.0. The monoisotopic (exact) mass is 566 g/mol. The lowest BCUT2D eigenvalue weighted by molar-refractivity contribution is 0.305. The normalized spacial score (nSPS) is 16.3. The maximum Gasteiger partial charge on any atom is 0.271 e. The average molecular weight is 567 g/mol. The Bertz CT molecular complexity index is 1920. The Balaban J connectivity index is 1.35. The lowest BCUT2D eigenvalue weighted by Crippen LogP contribution is -2.38. The second-order valence-electron chi connectivity index (χ2n) is 9.55. The molecule has 2 aromatic heterocycles. The molecule has 4 nitrogen and oxygen atoms in total. The van der Waals surface area contributed by atoms with E-state index < -0.39 is 0 Å². The molecule has 0 N–H and O–H groups in total. The molecule has 5 aromatic rings. The van der Waals surface area contributed by atoms with Crippen LogP contribution in [0.15, 0.2) is 106 Å². The van der Waals surface area contributed by atoms with E-state index in [4.69, 9.17) is 21.3 Å². The van der Waals surface area contributed by atoms with Crippen LogP contribution in [0.1, 0.15) is 39.6 Å². The first-order chi connectivity index (χ1) is 19.2. The Morgan fingerprint density at radius 1 is 0.974 bits per heavy atom. The summed E-state index contributed by atoms with van der Waals surface area (Å²) in [6.07, 6.45) is 3.77. The molecule has 0 unspecified atom stereocenters. The zero-order valence-electron chi connectivity index (χ0n) is 20.8. The SMILES string of the molecule is O=c1/c(=C/c2ccccc2OCc2ccccc2Cl)sc2n1[C@@H](c1cccs1)C1=C(N=2)c2ccccc2CC1. The van der Waals surface area contributed by atoms with Gasteiger partial charge in [-0.1, -0.05) is 89.7 Å². The van der Waals surface area contributed by atoms with E-state index in [0.29, 0.717) is 21.9 Å². The highest BCUT2D eigenvalue weighted by atomic mass is 35.5. The summed E-state index contributed by atoms with van der Waals surface area (Å²) in [5.41, 5.74) is 6.46. The number of thiophene rings is 1. The molecule has 0 amide bonds. The van der Waals surface area contributed by atoms with Gasteiger partial charge in [0.15, 0.2) is 4.80 Å². The number of aromatic nitrogens is 1. The summed E-state index contributed by atoms with van der Waals surface area (Å²) in [5, 5.41) is 2.75. The molecule has 3 aromatic carbocycles. The smallest absolute Gasteiger partial charge is 0.271 e. The molecule has 1 aliphatic heterocycles. The zero-order valence-corrected chi connectivity index (χ0v) is 23.2. The number of hydrogen-bond donors (Lipinski definition) is 0. The van der Waals surface area contributed by atoms with Crippen molar-refractivity contribution in [1.82, 2.24) is 4.57 Å². The quantitative estimate of drug-likeness (QED) is 0.240. The fraction of sp³-hybridized carbons (Fsp3) is 0.125. The molecule has 39 heavy (non-hydrogen) atoms. The lowest BCUT2D eigenvalue weighted by atomic mass is 9.85. The highest BCUT2D eigenvalue weighted by Crippen LogP contribution is 2.42. The van der Waals surface area contributed by atoms with Gasteiger partial charge in [-0.05, 0) is 53.6 Å². The summed E-state index contributed by atoms with van der Waals surface area (Å²) < 4.78 is 8.69. The van der Waals surface area contributed by atoms with Crippen LogP contribution in [0.2, 0.25) is 5.02 Å². The van der Waals surface area contributed by atoms with Crippen LogP contribution in [-0.4, -0.2) is 4.57 Å². The van der Waals surface area contributed by atoms with Crippen molar-refractivity contribution in [2.75, 3.05) is 0 Å². The van der Waals surface area contributed by atoms with Crippen molar-refractivity contribution >= 4 is 46.0 Å². The topological polar surface area (TPSA) is 43.6 Å². The molecule has 0 fully saturated rings. The van der Waals surface area contributed by atoms with Crippen LogP contribution in [0.5, 0.6) is 5.75 Å². The van der Waals surface area contributed by atoms with Gasteiger partial charge in [-0.15, -0.1) is 11.3 Å². The number of aryl methyl sites for hydroxylation is 1. The van der Waals surface area contributed by atoms with Crippen molar-refractivity contribution in [3.63, 3.8) is 0 Å². The number of thiazole rings is 1. The van der Waals surface area contributed by atoms with Crippen molar-refractivity contribution in [2.45, 2.75) is 25.5 Å². The van der Waals surface area contributed by atoms with Crippen molar-refractivity contribution < 1.29 is 4.74 Å². The summed E-state index contributed by atoms with van der Waals surface area (Å²) in [6, 6.07) is 28.0. The number of halogens is 1. The van der Waals surface area contributed by atoms with Crippen LogP contribution in [-0.2, 0) is 13.0 Å². The molecule has 1 aliphatic carbocycles. The Hall–Kier alpha value is -3.71. The van der Waals surface area contributed by atoms with Gasteiger partial charge in [0.1, 0.15) is 12.4 Å². The Labute approximate surface area is 238 Å². The third kappa shape index (κ3) is 4.39. The minimum atomic E-state index is -0.140. The molecule has 0 radical (unpaired) electrons. The fourth-order valence-electron chi connectivity index (χ4n) is 5.36. The minimum Gasteiger partial charge on any atom is -0.488 e. The number of benzene rings is 3. The highest BCUT2D eigenvalue weighted by molar-refractivity contribution is 7.10. The summed E-state index contributed by atoms with van der Waals surface area (Å²) in [7, 11) is 0. The van der Waals surface area contributed by atoms with Crippen LogP contribution in [0.3, 0.4) is 0 Å². The molecular formula is C32H23ClN2O2S2. The van der Waals surface area contributed by atoms with Crippen LogP contribution in [0, 0.1) is 0 Å². The fourth-order valence-corrected chi connectivity index (χ4v) is 7.39. The van der Waals surface area contributed by atoms with Crippen LogP contribution in [0.4, 0.5) is 0 Å². The maximum absolute atomic E-state index is 14.0. The number of rotatable bonds is 5. The largest absolute Gasteiger partial charge is 0.488 e. The first kappa shape index (κ1) is 24.3. The highest BCUT2D eigenvalue weighted by Gasteiger charge is 2.33. The van der Waals surface area contributed by atoms with Crippen LogP contribution < -0.4 is 19.6 Å².